The summed E-state index contributed by atoms with van der Waals surface area (Å²) in [5.41, 5.74) is 2.22. The lowest BCUT2D eigenvalue weighted by Gasteiger charge is -2.15. The number of hydrogen-bond acceptors (Lipinski definition) is 3. The van der Waals surface area contributed by atoms with Gasteiger partial charge in [0.25, 0.3) is 0 Å². The molecule has 32 heavy (non-hydrogen) atoms. The van der Waals surface area contributed by atoms with Crippen molar-refractivity contribution in [1.82, 2.24) is 0 Å². The largest absolute Gasteiger partial charge is 0.493 e. The van der Waals surface area contributed by atoms with E-state index >= 15 is 0 Å². The summed E-state index contributed by atoms with van der Waals surface area (Å²) in [6.45, 7) is 0.365. The summed E-state index contributed by atoms with van der Waals surface area (Å²) in [4.78, 5) is 0. The molecule has 0 aromatic heterocycles. The van der Waals surface area contributed by atoms with Crippen molar-refractivity contribution < 1.29 is 13.9 Å². The van der Waals surface area contributed by atoms with Crippen LogP contribution < -0.4 is 9.47 Å². The Morgan fingerprint density at radius 3 is 2.56 bits per heavy atom. The fraction of sp³-hybridized carbons (Fsp3) is 0.0741. The van der Waals surface area contributed by atoms with Crippen LogP contribution in [0.15, 0.2) is 83.3 Å². The maximum atomic E-state index is 14.1. The minimum absolute atomic E-state index is 0.224. The second-order valence-corrected chi connectivity index (χ2v) is 7.97. The number of allylic oxidation sites excluding steroid dienone is 1. The third-order valence-corrected chi connectivity index (χ3v) is 5.69. The van der Waals surface area contributed by atoms with Crippen molar-refractivity contribution in [2.45, 2.75) is 6.61 Å². The number of hydrogen-bond donors (Lipinski definition) is 0. The second-order valence-electron chi connectivity index (χ2n) is 7.11. The molecule has 0 bridgehead atoms. The lowest BCUT2D eigenvalue weighted by molar-refractivity contribution is 0.283. The Bertz CT molecular complexity index is 1350. The van der Waals surface area contributed by atoms with Crippen LogP contribution in [0.1, 0.15) is 16.7 Å². The third-order valence-electron chi connectivity index (χ3n) is 5.10. The van der Waals surface area contributed by atoms with Crippen molar-refractivity contribution >= 4 is 38.4 Å². The van der Waals surface area contributed by atoms with E-state index in [1.807, 2.05) is 30.3 Å². The van der Waals surface area contributed by atoms with Gasteiger partial charge in [0.05, 0.1) is 23.2 Å². The summed E-state index contributed by atoms with van der Waals surface area (Å²) in [6.07, 6.45) is 1.63. The van der Waals surface area contributed by atoms with Gasteiger partial charge in [-0.1, -0.05) is 60.7 Å². The van der Waals surface area contributed by atoms with Gasteiger partial charge in [-0.15, -0.1) is 0 Å². The minimum atomic E-state index is -0.443. The lowest BCUT2D eigenvalue weighted by atomic mass is 10.0. The monoisotopic (exact) mass is 487 g/mol. The van der Waals surface area contributed by atoms with E-state index in [0.29, 0.717) is 28.1 Å². The SMILES string of the molecule is COc1cc(/C=C(\C#N)c2ccccc2F)cc(Br)c1OCc1cccc2ccccc12. The van der Waals surface area contributed by atoms with E-state index in [1.54, 1.807) is 37.5 Å². The maximum absolute atomic E-state index is 14.1. The van der Waals surface area contributed by atoms with E-state index in [-0.39, 0.29) is 11.1 Å². The summed E-state index contributed by atoms with van der Waals surface area (Å²) in [6, 6.07) is 26.1. The van der Waals surface area contributed by atoms with Crippen molar-refractivity contribution in [2.75, 3.05) is 7.11 Å². The van der Waals surface area contributed by atoms with Crippen molar-refractivity contribution in [3.8, 4) is 17.6 Å². The Hall–Kier alpha value is -3.62. The van der Waals surface area contributed by atoms with Crippen LogP contribution in [0.5, 0.6) is 11.5 Å². The highest BCUT2D eigenvalue weighted by molar-refractivity contribution is 9.10. The predicted molar refractivity (Wildman–Crippen MR) is 129 cm³/mol. The van der Waals surface area contributed by atoms with Crippen LogP contribution in [0.3, 0.4) is 0 Å². The summed E-state index contributed by atoms with van der Waals surface area (Å²) >= 11 is 3.55. The van der Waals surface area contributed by atoms with Crippen molar-refractivity contribution in [1.29, 1.82) is 5.26 Å². The van der Waals surface area contributed by atoms with Crippen molar-refractivity contribution in [2.24, 2.45) is 0 Å². The molecule has 0 heterocycles. The first kappa shape index (κ1) is 21.6. The summed E-state index contributed by atoms with van der Waals surface area (Å²) in [7, 11) is 1.56. The zero-order valence-electron chi connectivity index (χ0n) is 17.3. The second kappa shape index (κ2) is 9.67. The van der Waals surface area contributed by atoms with Gasteiger partial charge in [-0.25, -0.2) is 4.39 Å². The molecule has 4 aromatic rings. The standard InChI is InChI=1S/C27H19BrFNO2/c1-31-26-15-18(13-21(16-30)23-11-4-5-12-25(23)29)14-24(28)27(26)32-17-20-9-6-8-19-7-2-3-10-22(19)20/h2-15H,17H2,1H3/b21-13+. The van der Waals surface area contributed by atoms with Gasteiger partial charge in [0, 0.05) is 5.56 Å². The van der Waals surface area contributed by atoms with Gasteiger partial charge in [0.2, 0.25) is 0 Å². The number of halogens is 2. The molecule has 0 saturated carbocycles. The maximum Gasteiger partial charge on any atom is 0.175 e. The van der Waals surface area contributed by atoms with Gasteiger partial charge in [-0.3, -0.25) is 0 Å². The normalized spacial score (nSPS) is 11.2. The van der Waals surface area contributed by atoms with E-state index in [1.165, 1.54) is 6.07 Å². The van der Waals surface area contributed by atoms with E-state index in [0.717, 1.165) is 16.3 Å². The average molecular weight is 488 g/mol. The zero-order valence-corrected chi connectivity index (χ0v) is 18.9. The first-order valence-corrected chi connectivity index (χ1v) is 10.7. The number of nitriles is 1. The highest BCUT2D eigenvalue weighted by atomic mass is 79.9. The molecule has 0 amide bonds. The van der Waals surface area contributed by atoms with E-state index in [4.69, 9.17) is 9.47 Å². The Kier molecular flexibility index (Phi) is 6.53. The molecule has 0 radical (unpaired) electrons. The lowest BCUT2D eigenvalue weighted by Crippen LogP contribution is -2.00. The number of rotatable bonds is 6. The number of ether oxygens (including phenoxy) is 2. The van der Waals surface area contributed by atoms with Gasteiger partial charge >= 0.3 is 0 Å². The molecule has 0 atom stereocenters. The van der Waals surface area contributed by atoms with E-state index < -0.39 is 5.82 Å². The van der Waals surface area contributed by atoms with E-state index in [2.05, 4.69) is 40.2 Å². The average Bonchev–Trinajstić information content (AvgIpc) is 2.82. The molecule has 0 saturated heterocycles. The van der Waals surface area contributed by atoms with Crippen LogP contribution >= 0.6 is 15.9 Å². The van der Waals surface area contributed by atoms with Gasteiger partial charge < -0.3 is 9.47 Å². The number of benzene rings is 4. The molecule has 0 aliphatic carbocycles. The first-order chi connectivity index (χ1) is 15.6. The quantitative estimate of drug-likeness (QED) is 0.210. The van der Waals surface area contributed by atoms with Gasteiger partial charge in [0.15, 0.2) is 11.5 Å². The first-order valence-electron chi connectivity index (χ1n) is 9.94. The third kappa shape index (κ3) is 4.51. The molecule has 158 valence electrons. The van der Waals surface area contributed by atoms with Crippen molar-refractivity contribution in [3.63, 3.8) is 0 Å². The molecule has 0 unspecified atom stereocenters. The molecule has 5 heteroatoms. The molecular formula is C27H19BrFNO2. The van der Waals surface area contributed by atoms with E-state index in [9.17, 15) is 9.65 Å². The zero-order chi connectivity index (χ0) is 22.5. The summed E-state index contributed by atoms with van der Waals surface area (Å²) in [5.74, 6) is 0.625. The van der Waals surface area contributed by atoms with Gasteiger partial charge in [0.1, 0.15) is 12.4 Å². The Balaban J connectivity index is 1.65. The van der Waals surface area contributed by atoms with Crippen LogP contribution in [0.25, 0.3) is 22.4 Å². The minimum Gasteiger partial charge on any atom is -0.493 e. The van der Waals surface area contributed by atoms with Crippen LogP contribution in [-0.2, 0) is 6.61 Å². The molecular weight excluding hydrogens is 469 g/mol. The number of methoxy groups -OCH3 is 1. The Morgan fingerprint density at radius 2 is 1.78 bits per heavy atom. The fourth-order valence-corrected chi connectivity index (χ4v) is 4.12. The van der Waals surface area contributed by atoms with Gasteiger partial charge in [-0.05, 0) is 62.1 Å². The van der Waals surface area contributed by atoms with Crippen molar-refractivity contribution in [3.05, 3.63) is 106 Å². The molecule has 0 N–H and O–H groups in total. The highest BCUT2D eigenvalue weighted by Gasteiger charge is 2.14. The van der Waals surface area contributed by atoms with Crippen LogP contribution in [0.4, 0.5) is 4.39 Å². The van der Waals surface area contributed by atoms with Crippen LogP contribution in [0.2, 0.25) is 0 Å². The fourth-order valence-electron chi connectivity index (χ4n) is 3.55. The topological polar surface area (TPSA) is 42.2 Å². The molecule has 4 aromatic carbocycles. The summed E-state index contributed by atoms with van der Waals surface area (Å²) in [5, 5.41) is 11.8. The van der Waals surface area contributed by atoms with Gasteiger partial charge in [-0.2, -0.15) is 5.26 Å². The Labute approximate surface area is 194 Å². The highest BCUT2D eigenvalue weighted by Crippen LogP contribution is 2.38. The molecule has 3 nitrogen and oxygen atoms in total. The predicted octanol–water partition coefficient (Wildman–Crippen LogP) is 7.39. The van der Waals surface area contributed by atoms with Crippen LogP contribution in [-0.4, -0.2) is 7.11 Å². The molecule has 0 fully saturated rings. The van der Waals surface area contributed by atoms with Crippen LogP contribution in [0, 0.1) is 17.1 Å². The molecule has 0 aliphatic heterocycles. The summed E-state index contributed by atoms with van der Waals surface area (Å²) < 4.78 is 26.5. The Morgan fingerprint density at radius 1 is 1.03 bits per heavy atom. The molecule has 0 spiro atoms. The number of nitrogens with zero attached hydrogens (tertiary/aromatic N) is 1. The number of fused-ring (bicyclic) bond motifs is 1. The molecule has 4 rings (SSSR count). The molecule has 0 aliphatic rings. The smallest absolute Gasteiger partial charge is 0.175 e.